The molecule has 1 aliphatic rings. The summed E-state index contributed by atoms with van der Waals surface area (Å²) in [6.07, 6.45) is 2.53. The zero-order valence-electron chi connectivity index (χ0n) is 14.5. The van der Waals surface area contributed by atoms with E-state index >= 15 is 0 Å². The normalized spacial score (nSPS) is 20.9. The highest BCUT2D eigenvalue weighted by Gasteiger charge is 2.59. The number of amides is 1. The first-order valence-corrected chi connectivity index (χ1v) is 8.86. The van der Waals surface area contributed by atoms with Crippen LogP contribution in [-0.2, 0) is 14.9 Å². The van der Waals surface area contributed by atoms with Gasteiger partial charge >= 0.3 is 5.97 Å². The van der Waals surface area contributed by atoms with Gasteiger partial charge in [0.15, 0.2) is 0 Å². The van der Waals surface area contributed by atoms with Crippen molar-refractivity contribution < 1.29 is 14.3 Å². The van der Waals surface area contributed by atoms with Gasteiger partial charge in [-0.25, -0.2) is 4.79 Å². The summed E-state index contributed by atoms with van der Waals surface area (Å²) in [5.74, 6) is -0.381. The summed E-state index contributed by atoms with van der Waals surface area (Å²) in [5.41, 5.74) is 1.39. The van der Waals surface area contributed by atoms with E-state index in [-0.39, 0.29) is 17.8 Å². The largest absolute Gasteiger partial charge is 0.462 e. The average molecular weight is 370 g/mol. The quantitative estimate of drug-likeness (QED) is 0.598. The first-order chi connectivity index (χ1) is 12.5. The van der Waals surface area contributed by atoms with E-state index < -0.39 is 5.41 Å². The Labute approximate surface area is 157 Å². The number of allylic oxidation sites excluding steroid dienone is 1. The van der Waals surface area contributed by atoms with Crippen molar-refractivity contribution in [3.63, 3.8) is 0 Å². The van der Waals surface area contributed by atoms with E-state index in [2.05, 4.69) is 11.9 Å². The minimum atomic E-state index is -0.619. The van der Waals surface area contributed by atoms with Crippen LogP contribution in [0.5, 0.6) is 0 Å². The molecule has 26 heavy (non-hydrogen) atoms. The second-order valence-electron chi connectivity index (χ2n) is 6.28. The van der Waals surface area contributed by atoms with Crippen LogP contribution in [0.1, 0.15) is 29.3 Å². The zero-order valence-corrected chi connectivity index (χ0v) is 15.3. The number of carbonyl (C=O) groups is 2. The van der Waals surface area contributed by atoms with Gasteiger partial charge in [0.2, 0.25) is 5.91 Å². The number of nitrogens with one attached hydrogen (secondary N) is 1. The van der Waals surface area contributed by atoms with E-state index in [4.69, 9.17) is 16.3 Å². The molecule has 3 rings (SSSR count). The smallest absolute Gasteiger partial charge is 0.338 e. The minimum absolute atomic E-state index is 0.0856. The molecular weight excluding hydrogens is 350 g/mol. The lowest BCUT2D eigenvalue weighted by atomic mass is 9.92. The van der Waals surface area contributed by atoms with Gasteiger partial charge < -0.3 is 10.1 Å². The molecule has 2 aromatic carbocycles. The predicted molar refractivity (Wildman–Crippen MR) is 102 cm³/mol. The Morgan fingerprint density at radius 2 is 1.88 bits per heavy atom. The highest BCUT2D eigenvalue weighted by atomic mass is 35.5. The van der Waals surface area contributed by atoms with Gasteiger partial charge in [0, 0.05) is 10.7 Å². The van der Waals surface area contributed by atoms with Gasteiger partial charge in [-0.3, -0.25) is 4.79 Å². The summed E-state index contributed by atoms with van der Waals surface area (Å²) in [5, 5.41) is 3.58. The Hall–Kier alpha value is -2.59. The SMILES string of the molecule is C=CC1CC1(C(=O)Nc1ccc(C(=O)OCC)cc1)c1ccc(Cl)cc1. The number of carbonyl (C=O) groups excluding carboxylic acids is 2. The van der Waals surface area contributed by atoms with Gasteiger partial charge in [0.25, 0.3) is 0 Å². The third kappa shape index (κ3) is 3.37. The van der Waals surface area contributed by atoms with E-state index in [0.717, 1.165) is 5.56 Å². The van der Waals surface area contributed by atoms with Crippen LogP contribution in [0, 0.1) is 5.92 Å². The average Bonchev–Trinajstić information content (AvgIpc) is 3.39. The molecule has 0 saturated heterocycles. The fourth-order valence-electron chi connectivity index (χ4n) is 3.19. The summed E-state index contributed by atoms with van der Waals surface area (Å²) in [7, 11) is 0. The Bertz CT molecular complexity index is 829. The molecule has 0 aromatic heterocycles. The molecule has 2 atom stereocenters. The number of hydrogen-bond donors (Lipinski definition) is 1. The van der Waals surface area contributed by atoms with Crippen LogP contribution in [0.4, 0.5) is 5.69 Å². The molecule has 1 amide bonds. The molecule has 1 fully saturated rings. The molecule has 2 unspecified atom stereocenters. The lowest BCUT2D eigenvalue weighted by Gasteiger charge is -2.17. The van der Waals surface area contributed by atoms with Crippen LogP contribution in [0.3, 0.4) is 0 Å². The molecule has 0 radical (unpaired) electrons. The van der Waals surface area contributed by atoms with Gasteiger partial charge in [-0.1, -0.05) is 29.8 Å². The fourth-order valence-corrected chi connectivity index (χ4v) is 3.32. The van der Waals surface area contributed by atoms with Crippen molar-refractivity contribution in [2.45, 2.75) is 18.8 Å². The number of rotatable bonds is 6. The molecule has 0 bridgehead atoms. The summed E-state index contributed by atoms with van der Waals surface area (Å²) >= 11 is 5.97. The van der Waals surface area contributed by atoms with Crippen LogP contribution in [0.15, 0.2) is 61.2 Å². The molecule has 0 heterocycles. The van der Waals surface area contributed by atoms with Gasteiger partial charge in [0.05, 0.1) is 17.6 Å². The maximum absolute atomic E-state index is 13.0. The number of benzene rings is 2. The third-order valence-electron chi connectivity index (χ3n) is 4.72. The van der Waals surface area contributed by atoms with Crippen molar-refractivity contribution in [1.29, 1.82) is 0 Å². The zero-order chi connectivity index (χ0) is 18.7. The number of halogens is 1. The molecule has 2 aromatic rings. The van der Waals surface area contributed by atoms with Crippen LogP contribution >= 0.6 is 11.6 Å². The molecule has 0 spiro atoms. The maximum Gasteiger partial charge on any atom is 0.338 e. The Morgan fingerprint density at radius 3 is 2.42 bits per heavy atom. The van der Waals surface area contributed by atoms with E-state index in [1.165, 1.54) is 0 Å². The summed E-state index contributed by atoms with van der Waals surface area (Å²) in [4.78, 5) is 24.7. The van der Waals surface area contributed by atoms with Crippen LogP contribution in [-0.4, -0.2) is 18.5 Å². The molecular formula is C21H20ClNO3. The van der Waals surface area contributed by atoms with Gasteiger partial charge in [-0.05, 0) is 61.2 Å². The molecule has 1 N–H and O–H groups in total. The monoisotopic (exact) mass is 369 g/mol. The number of anilines is 1. The van der Waals surface area contributed by atoms with E-state index in [0.29, 0.717) is 29.3 Å². The highest BCUT2D eigenvalue weighted by molar-refractivity contribution is 6.30. The molecule has 0 aliphatic heterocycles. The van der Waals surface area contributed by atoms with Gasteiger partial charge in [-0.15, -0.1) is 6.58 Å². The number of hydrogen-bond acceptors (Lipinski definition) is 3. The van der Waals surface area contributed by atoms with Crippen LogP contribution in [0.2, 0.25) is 5.02 Å². The molecule has 4 nitrogen and oxygen atoms in total. The van der Waals surface area contributed by atoms with E-state index in [1.54, 1.807) is 43.3 Å². The maximum atomic E-state index is 13.0. The second-order valence-corrected chi connectivity index (χ2v) is 6.71. The van der Waals surface area contributed by atoms with Crippen molar-refractivity contribution in [2.24, 2.45) is 5.92 Å². The number of ether oxygens (including phenoxy) is 1. The predicted octanol–water partition coefficient (Wildman–Crippen LogP) is 4.60. The lowest BCUT2D eigenvalue weighted by molar-refractivity contribution is -0.118. The lowest BCUT2D eigenvalue weighted by Crippen LogP contribution is -2.29. The van der Waals surface area contributed by atoms with Crippen LogP contribution < -0.4 is 5.32 Å². The van der Waals surface area contributed by atoms with Crippen molar-refractivity contribution >= 4 is 29.2 Å². The van der Waals surface area contributed by atoms with Gasteiger partial charge in [0.1, 0.15) is 0 Å². The summed E-state index contributed by atoms with van der Waals surface area (Å²) in [6.45, 7) is 5.92. The van der Waals surface area contributed by atoms with Crippen molar-refractivity contribution in [2.75, 3.05) is 11.9 Å². The van der Waals surface area contributed by atoms with E-state index in [9.17, 15) is 9.59 Å². The fraction of sp³-hybridized carbons (Fsp3) is 0.238. The Kier molecular flexibility index (Phi) is 5.14. The van der Waals surface area contributed by atoms with Crippen molar-refractivity contribution in [1.82, 2.24) is 0 Å². The highest BCUT2D eigenvalue weighted by Crippen LogP contribution is 2.55. The minimum Gasteiger partial charge on any atom is -0.462 e. The Balaban J connectivity index is 1.78. The van der Waals surface area contributed by atoms with Crippen molar-refractivity contribution in [3.8, 4) is 0 Å². The molecule has 5 heteroatoms. The summed E-state index contributed by atoms with van der Waals surface area (Å²) in [6, 6.07) is 14.0. The van der Waals surface area contributed by atoms with Crippen LogP contribution in [0.25, 0.3) is 0 Å². The standard InChI is InChI=1S/C21H20ClNO3/c1-3-15-13-21(15,16-7-9-17(22)10-8-16)20(25)23-18-11-5-14(6-12-18)19(24)26-4-2/h3,5-12,15H,1,4,13H2,2H3,(H,23,25). The second kappa shape index (κ2) is 7.34. The summed E-state index contributed by atoms with van der Waals surface area (Å²) < 4.78 is 4.96. The third-order valence-corrected chi connectivity index (χ3v) is 4.97. The Morgan fingerprint density at radius 1 is 1.23 bits per heavy atom. The van der Waals surface area contributed by atoms with Crippen molar-refractivity contribution in [3.05, 3.63) is 77.3 Å². The van der Waals surface area contributed by atoms with E-state index in [1.807, 2.05) is 18.2 Å². The van der Waals surface area contributed by atoms with Gasteiger partial charge in [-0.2, -0.15) is 0 Å². The molecule has 134 valence electrons. The molecule has 1 saturated carbocycles. The topological polar surface area (TPSA) is 55.4 Å². The first kappa shape index (κ1) is 18.2. The molecule has 1 aliphatic carbocycles. The number of esters is 1. The first-order valence-electron chi connectivity index (χ1n) is 8.48.